The Labute approximate surface area is 173 Å². The Morgan fingerprint density at radius 3 is 2.33 bits per heavy atom. The largest absolute Gasteiger partial charge is 0.392 e. The summed E-state index contributed by atoms with van der Waals surface area (Å²) in [4.78, 5) is 52.5. The molecule has 0 aromatic heterocycles. The molecule has 8 nitrogen and oxygen atoms in total. The van der Waals surface area contributed by atoms with Gasteiger partial charge in [-0.05, 0) is 18.1 Å². The summed E-state index contributed by atoms with van der Waals surface area (Å²) in [7, 11) is 0. The van der Waals surface area contributed by atoms with Crippen molar-refractivity contribution >= 4 is 24.0 Å². The van der Waals surface area contributed by atoms with E-state index in [1.165, 1.54) is 29.2 Å². The lowest BCUT2D eigenvalue weighted by Gasteiger charge is -2.22. The van der Waals surface area contributed by atoms with Crippen molar-refractivity contribution in [2.75, 3.05) is 6.61 Å². The van der Waals surface area contributed by atoms with E-state index in [0.29, 0.717) is 10.5 Å². The standard InChI is InChI=1S/C22H22N2O6/c1-2-30-21-20(28)24(22(29)23(21)12-15-6-4-3-5-7-15)18(14-26)19(27)17-10-8-16(13-25)9-11-17/h3-11,14,18,21,25H,2,12-13H2,1H3. The zero-order valence-electron chi connectivity index (χ0n) is 16.4. The molecule has 0 radical (unpaired) electrons. The summed E-state index contributed by atoms with van der Waals surface area (Å²) >= 11 is 0. The van der Waals surface area contributed by atoms with Crippen LogP contribution in [0.3, 0.4) is 0 Å². The molecule has 1 aliphatic heterocycles. The summed E-state index contributed by atoms with van der Waals surface area (Å²) < 4.78 is 5.47. The maximum atomic E-state index is 13.0. The van der Waals surface area contributed by atoms with Gasteiger partial charge in [-0.15, -0.1) is 0 Å². The number of imide groups is 1. The number of urea groups is 1. The van der Waals surface area contributed by atoms with Crippen LogP contribution < -0.4 is 0 Å². The molecule has 1 saturated heterocycles. The number of amides is 3. The van der Waals surface area contributed by atoms with Crippen LogP contribution >= 0.6 is 0 Å². The predicted molar refractivity (Wildman–Crippen MR) is 106 cm³/mol. The summed E-state index contributed by atoms with van der Waals surface area (Å²) in [5.74, 6) is -1.44. The molecular formula is C22H22N2O6. The smallest absolute Gasteiger partial charge is 0.330 e. The molecule has 2 aromatic carbocycles. The van der Waals surface area contributed by atoms with Gasteiger partial charge >= 0.3 is 6.03 Å². The van der Waals surface area contributed by atoms with E-state index in [-0.39, 0.29) is 31.6 Å². The van der Waals surface area contributed by atoms with Crippen LogP contribution in [0.15, 0.2) is 54.6 Å². The molecule has 1 N–H and O–H groups in total. The SMILES string of the molecule is CCOC1C(=O)N(C(C=O)C(=O)c2ccc(CO)cc2)C(=O)N1Cc1ccccc1. The van der Waals surface area contributed by atoms with Crippen molar-refractivity contribution in [2.24, 2.45) is 0 Å². The lowest BCUT2D eigenvalue weighted by Crippen LogP contribution is -2.47. The number of benzene rings is 2. The number of carbonyl (C=O) groups is 4. The molecule has 0 bridgehead atoms. The molecule has 0 spiro atoms. The van der Waals surface area contributed by atoms with Crippen LogP contribution in [0.25, 0.3) is 0 Å². The van der Waals surface area contributed by atoms with Gasteiger partial charge < -0.3 is 14.6 Å². The third kappa shape index (κ3) is 4.14. The first-order chi connectivity index (χ1) is 14.5. The first kappa shape index (κ1) is 21.4. The fourth-order valence-electron chi connectivity index (χ4n) is 3.28. The van der Waals surface area contributed by atoms with Crippen LogP contribution in [0.1, 0.15) is 28.4 Å². The minimum Gasteiger partial charge on any atom is -0.392 e. The van der Waals surface area contributed by atoms with E-state index in [4.69, 9.17) is 9.84 Å². The Bertz CT molecular complexity index is 928. The molecule has 8 heteroatoms. The van der Waals surface area contributed by atoms with E-state index in [0.717, 1.165) is 5.56 Å². The topological polar surface area (TPSA) is 104 Å². The summed E-state index contributed by atoms with van der Waals surface area (Å²) in [5, 5.41) is 9.14. The number of nitrogens with zero attached hydrogens (tertiary/aromatic N) is 2. The van der Waals surface area contributed by atoms with E-state index >= 15 is 0 Å². The second kappa shape index (κ2) is 9.43. The van der Waals surface area contributed by atoms with E-state index in [1.807, 2.05) is 6.07 Å². The average molecular weight is 410 g/mol. The number of Topliss-reactive ketones (excluding diaryl/α,β-unsaturated/α-hetero) is 1. The molecular weight excluding hydrogens is 388 g/mol. The van der Waals surface area contributed by atoms with Gasteiger partial charge in [0.1, 0.15) is 0 Å². The van der Waals surface area contributed by atoms with Crippen molar-refractivity contribution in [3.8, 4) is 0 Å². The highest BCUT2D eigenvalue weighted by Gasteiger charge is 2.50. The number of ketones is 1. The highest BCUT2D eigenvalue weighted by Crippen LogP contribution is 2.25. The van der Waals surface area contributed by atoms with Gasteiger partial charge in [0, 0.05) is 12.2 Å². The van der Waals surface area contributed by atoms with Crippen LogP contribution in [0.2, 0.25) is 0 Å². The summed E-state index contributed by atoms with van der Waals surface area (Å²) in [6.45, 7) is 1.76. The molecule has 2 aromatic rings. The van der Waals surface area contributed by atoms with Crippen LogP contribution in [-0.4, -0.2) is 57.8 Å². The molecule has 30 heavy (non-hydrogen) atoms. The van der Waals surface area contributed by atoms with Gasteiger partial charge in [-0.25, -0.2) is 9.69 Å². The van der Waals surface area contributed by atoms with Crippen molar-refractivity contribution in [3.63, 3.8) is 0 Å². The Morgan fingerprint density at radius 2 is 1.77 bits per heavy atom. The van der Waals surface area contributed by atoms with Gasteiger partial charge in [-0.1, -0.05) is 54.6 Å². The lowest BCUT2D eigenvalue weighted by atomic mass is 10.0. The Balaban J connectivity index is 1.89. The van der Waals surface area contributed by atoms with Crippen molar-refractivity contribution in [1.29, 1.82) is 0 Å². The Morgan fingerprint density at radius 1 is 1.10 bits per heavy atom. The monoisotopic (exact) mass is 410 g/mol. The first-order valence-electron chi connectivity index (χ1n) is 9.50. The minimum absolute atomic E-state index is 0.0948. The van der Waals surface area contributed by atoms with Crippen molar-refractivity contribution in [3.05, 3.63) is 71.3 Å². The molecule has 3 amide bonds. The number of carbonyl (C=O) groups excluding carboxylic acids is 4. The molecule has 1 fully saturated rings. The molecule has 1 aliphatic rings. The Hall–Kier alpha value is -3.36. The molecule has 2 atom stereocenters. The number of rotatable bonds is 9. The zero-order chi connectivity index (χ0) is 21.7. The fourth-order valence-corrected chi connectivity index (χ4v) is 3.28. The quantitative estimate of drug-likeness (QED) is 0.292. The normalized spacial score (nSPS) is 17.3. The summed E-state index contributed by atoms with van der Waals surface area (Å²) in [6.07, 6.45) is -0.928. The summed E-state index contributed by atoms with van der Waals surface area (Å²) in [5.41, 5.74) is 1.52. The number of hydrogen-bond donors (Lipinski definition) is 1. The number of aliphatic hydroxyl groups is 1. The number of aliphatic hydroxyl groups excluding tert-OH is 1. The van der Waals surface area contributed by atoms with Crippen LogP contribution in [-0.2, 0) is 27.5 Å². The van der Waals surface area contributed by atoms with Crippen molar-refractivity contribution in [1.82, 2.24) is 9.80 Å². The Kier molecular flexibility index (Phi) is 6.71. The third-order valence-electron chi connectivity index (χ3n) is 4.80. The lowest BCUT2D eigenvalue weighted by molar-refractivity contribution is -0.143. The van der Waals surface area contributed by atoms with Gasteiger partial charge in [0.2, 0.25) is 6.23 Å². The van der Waals surface area contributed by atoms with Crippen molar-refractivity contribution in [2.45, 2.75) is 32.3 Å². The number of hydrogen-bond acceptors (Lipinski definition) is 6. The van der Waals surface area contributed by atoms with Gasteiger partial charge in [-0.3, -0.25) is 14.5 Å². The second-order valence-corrected chi connectivity index (χ2v) is 6.71. The third-order valence-corrected chi connectivity index (χ3v) is 4.80. The summed E-state index contributed by atoms with van der Waals surface area (Å²) in [6, 6.07) is 12.6. The van der Waals surface area contributed by atoms with Gasteiger partial charge in [-0.2, -0.15) is 0 Å². The van der Waals surface area contributed by atoms with Gasteiger partial charge in [0.15, 0.2) is 18.1 Å². The van der Waals surface area contributed by atoms with E-state index < -0.39 is 30.0 Å². The molecule has 0 saturated carbocycles. The number of aldehydes is 1. The maximum absolute atomic E-state index is 13.0. The molecule has 1 heterocycles. The second-order valence-electron chi connectivity index (χ2n) is 6.71. The first-order valence-corrected chi connectivity index (χ1v) is 9.50. The molecule has 3 rings (SSSR count). The minimum atomic E-state index is -1.60. The van der Waals surface area contributed by atoms with Gasteiger partial charge in [0.05, 0.1) is 13.2 Å². The van der Waals surface area contributed by atoms with Crippen LogP contribution in [0.5, 0.6) is 0 Å². The van der Waals surface area contributed by atoms with E-state index in [1.54, 1.807) is 31.2 Å². The predicted octanol–water partition coefficient (Wildman–Crippen LogP) is 1.76. The van der Waals surface area contributed by atoms with Crippen LogP contribution in [0.4, 0.5) is 4.79 Å². The highest BCUT2D eigenvalue weighted by atomic mass is 16.5. The fraction of sp³-hybridized carbons (Fsp3) is 0.273. The number of ether oxygens (including phenoxy) is 1. The van der Waals surface area contributed by atoms with Crippen LogP contribution in [0, 0.1) is 0 Å². The average Bonchev–Trinajstić information content (AvgIpc) is 3.00. The molecule has 2 unspecified atom stereocenters. The highest BCUT2D eigenvalue weighted by molar-refractivity contribution is 6.16. The molecule has 156 valence electrons. The molecule has 0 aliphatic carbocycles. The van der Waals surface area contributed by atoms with Gasteiger partial charge in [0.25, 0.3) is 5.91 Å². The van der Waals surface area contributed by atoms with E-state index in [9.17, 15) is 19.2 Å². The maximum Gasteiger partial charge on any atom is 0.330 e. The van der Waals surface area contributed by atoms with E-state index in [2.05, 4.69) is 0 Å². The zero-order valence-corrected chi connectivity index (χ0v) is 16.4. The van der Waals surface area contributed by atoms with Crippen molar-refractivity contribution < 1.29 is 29.0 Å².